The van der Waals surface area contributed by atoms with Gasteiger partial charge in [-0.05, 0) is 188 Å². The fourth-order valence-electron chi connectivity index (χ4n) is 14.8. The highest BCUT2D eigenvalue weighted by molar-refractivity contribution is 6.33. The summed E-state index contributed by atoms with van der Waals surface area (Å²) in [5.74, 6) is -2.83. The standard InChI is InChI=1S/C19H22ClF3N4O.3C19H24ClF3N4O.C18H20ClF3N4O/c1-13-4-5-14(15(20)10-13)12-27(9-8-26-6-2-3-7-26)18(28)16-11-17(25-24-16)19(21,22)23;1-4-26(5-2)8-9-27(12-14-10-13(3)6-7-15(14)20)18(28)16-11-17(25-24-16)19(21,22)23;1-4-26(5-2)8-9-27(12-14-7-6-13(3)10-15(14)20)18(28)16-11-17(25-24-16)19(21,22)23;1-4-26(5-2)9-10-27(12-14-8-6-7-13(3)17(14)20)18(28)15-11-16(25-24-15)19(21,22)23;19-14-6-2-1-5-13(14)12-26(10-9-25-7-3-4-8-25)17(27)15-11-16(24-23-15)18(20,21)22/h4-5,10-11H,2-3,6-9,12H2,1H3,(H,24,25);2*6-7,10-11H,4-5,8-9,12H2,1-3H3,(H,24,25);6-8,11H,4-5,9-10,12H2,1-3H3,(H,24,25);1-2,5-6,11H,3-4,7-10,12H2,(H,23,24). The largest absolute Gasteiger partial charge is 0.432 e. The van der Waals surface area contributed by atoms with Gasteiger partial charge in [-0.1, -0.05) is 178 Å². The van der Waals surface area contributed by atoms with E-state index in [-0.39, 0.29) is 61.2 Å². The first-order chi connectivity index (χ1) is 65.5. The van der Waals surface area contributed by atoms with Gasteiger partial charge in [0.1, 0.15) is 28.5 Å². The third kappa shape index (κ3) is 35.1. The Balaban J connectivity index is 0.000000213. The number of halogens is 20. The number of benzene rings is 5. The number of likely N-dealkylation sites (N-methyl/N-ethyl adjacent to an activating group) is 3. The number of nitrogens with zero attached hydrogens (tertiary/aromatic N) is 15. The van der Waals surface area contributed by atoms with Crippen molar-refractivity contribution in [2.45, 2.75) is 159 Å². The highest BCUT2D eigenvalue weighted by Gasteiger charge is 2.40. The molecule has 5 N–H and O–H groups in total. The van der Waals surface area contributed by atoms with E-state index in [0.717, 1.165) is 172 Å². The van der Waals surface area contributed by atoms with Crippen LogP contribution in [-0.2, 0) is 63.6 Å². The van der Waals surface area contributed by atoms with Gasteiger partial charge in [-0.3, -0.25) is 49.5 Å². The maximum absolute atomic E-state index is 12.9. The normalized spacial score (nSPS) is 13.2. The highest BCUT2D eigenvalue weighted by Crippen LogP contribution is 2.35. The molecule has 2 aliphatic heterocycles. The Hall–Kier alpha value is -10.3. The molecule has 760 valence electrons. The van der Waals surface area contributed by atoms with E-state index in [0.29, 0.717) is 90.6 Å². The molecule has 45 heteroatoms. The van der Waals surface area contributed by atoms with Crippen molar-refractivity contribution in [3.8, 4) is 0 Å². The van der Waals surface area contributed by atoms with Gasteiger partial charge >= 0.3 is 30.9 Å². The molecule has 5 amide bonds. The lowest BCUT2D eigenvalue weighted by molar-refractivity contribution is -0.142. The highest BCUT2D eigenvalue weighted by atomic mass is 35.5. The summed E-state index contributed by atoms with van der Waals surface area (Å²) in [6, 6.07) is 32.8. The number of hydrogen-bond acceptors (Lipinski definition) is 15. The van der Waals surface area contributed by atoms with Crippen molar-refractivity contribution in [2.75, 3.05) is 131 Å². The summed E-state index contributed by atoms with van der Waals surface area (Å²) >= 11 is 31.4. The van der Waals surface area contributed by atoms with Gasteiger partial charge in [-0.15, -0.1) is 0 Å². The van der Waals surface area contributed by atoms with Crippen LogP contribution in [0.25, 0.3) is 0 Å². The lowest BCUT2D eigenvalue weighted by Crippen LogP contribution is -2.38. The van der Waals surface area contributed by atoms with Gasteiger partial charge in [0.25, 0.3) is 29.5 Å². The minimum atomic E-state index is -4.59. The van der Waals surface area contributed by atoms with Crippen LogP contribution in [0.4, 0.5) is 65.9 Å². The van der Waals surface area contributed by atoms with Crippen LogP contribution >= 0.6 is 58.0 Å². The molecular formula is C94H114Cl5F15N20O5. The van der Waals surface area contributed by atoms with E-state index in [1.165, 1.54) is 24.5 Å². The Kier molecular flexibility index (Phi) is 43.4. The predicted octanol–water partition coefficient (Wildman–Crippen LogP) is 21.1. The number of hydrogen-bond donors (Lipinski definition) is 5. The van der Waals surface area contributed by atoms with Crippen LogP contribution in [0.3, 0.4) is 0 Å². The smallest absolute Gasteiger partial charge is 0.332 e. The van der Waals surface area contributed by atoms with Crippen LogP contribution in [-0.4, -0.2) is 260 Å². The van der Waals surface area contributed by atoms with E-state index < -0.39 is 88.9 Å². The predicted molar refractivity (Wildman–Crippen MR) is 503 cm³/mol. The second-order valence-electron chi connectivity index (χ2n) is 33.1. The Morgan fingerprint density at radius 2 is 0.561 bits per heavy atom. The Morgan fingerprint density at radius 1 is 0.302 bits per heavy atom. The first kappa shape index (κ1) is 114. The molecule has 25 nitrogen and oxygen atoms in total. The third-order valence-electron chi connectivity index (χ3n) is 23.1. The van der Waals surface area contributed by atoms with Crippen LogP contribution in [0, 0.1) is 27.7 Å². The summed E-state index contributed by atoms with van der Waals surface area (Å²) in [5, 5.41) is 29.9. The van der Waals surface area contributed by atoms with E-state index in [1.807, 2.05) is 143 Å². The summed E-state index contributed by atoms with van der Waals surface area (Å²) in [4.78, 5) is 82.7. The molecule has 0 aliphatic carbocycles. The number of aromatic nitrogens is 10. The number of aryl methyl sites for hydroxylation is 4. The number of likely N-dealkylation sites (tertiary alicyclic amines) is 2. The van der Waals surface area contributed by atoms with Gasteiger partial charge in [0, 0.05) is 154 Å². The molecule has 12 rings (SSSR count). The quantitative estimate of drug-likeness (QED) is 0.0229. The Labute approximate surface area is 821 Å². The number of aromatic amines is 5. The van der Waals surface area contributed by atoms with Crippen molar-refractivity contribution < 1.29 is 89.8 Å². The van der Waals surface area contributed by atoms with Crippen molar-refractivity contribution >= 4 is 87.5 Å². The topological polar surface area (TPSA) is 261 Å². The van der Waals surface area contributed by atoms with Gasteiger partial charge in [0.05, 0.1) is 0 Å². The number of nitrogens with one attached hydrogen (secondary N) is 5. The number of alkyl halides is 15. The van der Waals surface area contributed by atoms with Crippen molar-refractivity contribution in [3.05, 3.63) is 260 Å². The molecule has 2 fully saturated rings. The molecule has 7 heterocycles. The molecule has 0 saturated carbocycles. The minimum absolute atomic E-state index is 0.188. The molecule has 10 aromatic rings. The molecule has 0 radical (unpaired) electrons. The zero-order valence-electron chi connectivity index (χ0n) is 78.4. The van der Waals surface area contributed by atoms with E-state index in [1.54, 1.807) is 48.5 Å². The van der Waals surface area contributed by atoms with Crippen LogP contribution in [0.2, 0.25) is 25.1 Å². The molecular weight excluding hydrogens is 1950 g/mol. The van der Waals surface area contributed by atoms with Gasteiger partial charge in [-0.25, -0.2) is 0 Å². The molecule has 0 bridgehead atoms. The third-order valence-corrected chi connectivity index (χ3v) is 25.1. The van der Waals surface area contributed by atoms with Crippen LogP contribution < -0.4 is 0 Å². The van der Waals surface area contributed by atoms with E-state index in [2.05, 4.69) is 50.0 Å². The molecule has 0 atom stereocenters. The molecule has 0 unspecified atom stereocenters. The van der Waals surface area contributed by atoms with Crippen LogP contribution in [0.15, 0.2) is 127 Å². The second kappa shape index (κ2) is 53.0. The van der Waals surface area contributed by atoms with Crippen molar-refractivity contribution in [1.82, 2.24) is 100.0 Å². The van der Waals surface area contributed by atoms with Gasteiger partial charge in [0.2, 0.25) is 0 Å². The van der Waals surface area contributed by atoms with E-state index in [4.69, 9.17) is 58.0 Å². The number of rotatable bonds is 36. The Morgan fingerprint density at radius 3 is 0.849 bits per heavy atom. The summed E-state index contributed by atoms with van der Waals surface area (Å²) < 4.78 is 192. The zero-order chi connectivity index (χ0) is 102. The average molecular weight is 2070 g/mol. The second-order valence-corrected chi connectivity index (χ2v) is 35.1. The molecule has 2 aliphatic rings. The van der Waals surface area contributed by atoms with Crippen molar-refractivity contribution in [2.24, 2.45) is 0 Å². The van der Waals surface area contributed by atoms with Gasteiger partial charge in [0.15, 0.2) is 28.5 Å². The monoisotopic (exact) mass is 2060 g/mol. The maximum atomic E-state index is 12.9. The summed E-state index contributed by atoms with van der Waals surface area (Å²) in [5.41, 5.74) is 0.977. The lowest BCUT2D eigenvalue weighted by atomic mass is 10.1. The van der Waals surface area contributed by atoms with Crippen molar-refractivity contribution in [1.29, 1.82) is 0 Å². The minimum Gasteiger partial charge on any atom is -0.332 e. The average Bonchev–Trinajstić information content (AvgIpc) is 1.72. The fourth-order valence-corrected chi connectivity index (χ4v) is 15.9. The molecule has 2 saturated heterocycles. The van der Waals surface area contributed by atoms with E-state index in [9.17, 15) is 89.8 Å². The first-order valence-corrected chi connectivity index (χ1v) is 46.9. The first-order valence-electron chi connectivity index (χ1n) is 45.0. The summed E-state index contributed by atoms with van der Waals surface area (Å²) in [7, 11) is 0. The molecule has 5 aromatic carbocycles. The van der Waals surface area contributed by atoms with Crippen LogP contribution in [0.5, 0.6) is 0 Å². The van der Waals surface area contributed by atoms with Crippen molar-refractivity contribution in [3.63, 3.8) is 0 Å². The Bertz CT molecular complexity index is 5380. The van der Waals surface area contributed by atoms with Gasteiger partial charge in [-0.2, -0.15) is 91.3 Å². The van der Waals surface area contributed by atoms with Crippen LogP contribution in [0.1, 0.15) is 198 Å². The SMILES string of the molecule is CCN(CC)CCN(Cc1cc(C)ccc1Cl)C(=O)c1cc(C(F)(F)F)[nH]n1.CCN(CC)CCN(Cc1ccc(C)cc1Cl)C(=O)c1cc(C(F)(F)F)[nH]n1.CCN(CC)CCN(Cc1cccc(C)c1Cl)C(=O)c1cc(C(F)(F)F)[nH]n1.Cc1ccc(CN(CCN2CCCC2)C(=O)c2cc(C(F)(F)F)[nH]n2)c(Cl)c1.O=C(c1cc(C(F)(F)F)[nH]n1)N(CCN1CCCC1)Cc1ccccc1Cl. The molecule has 139 heavy (non-hydrogen) atoms. The fraction of sp³-hybridized carbons (Fsp3) is 0.468. The molecule has 5 aromatic heterocycles. The number of carbonyl (C=O) groups is 5. The summed E-state index contributed by atoms with van der Waals surface area (Å²) in [6.07, 6.45) is -18.4. The summed E-state index contributed by atoms with van der Waals surface area (Å²) in [6.45, 7) is 34.3. The maximum Gasteiger partial charge on any atom is 0.432 e. The van der Waals surface area contributed by atoms with Gasteiger partial charge < -0.3 is 49.0 Å². The molecule has 0 spiro atoms. The number of amides is 5. The number of H-pyrrole nitrogens is 5. The number of carbonyl (C=O) groups excluding carboxylic acids is 5. The zero-order valence-corrected chi connectivity index (χ0v) is 82.2. The van der Waals surface area contributed by atoms with E-state index >= 15 is 0 Å². The lowest BCUT2D eigenvalue weighted by Gasteiger charge is -2.26.